The number of hydrogen-bond donors (Lipinski definition) is 1. The van der Waals surface area contributed by atoms with Crippen molar-refractivity contribution < 1.29 is 13.2 Å². The molecule has 26 heavy (non-hydrogen) atoms. The van der Waals surface area contributed by atoms with E-state index in [9.17, 15) is 13.2 Å². The Morgan fingerprint density at radius 2 is 1.81 bits per heavy atom. The summed E-state index contributed by atoms with van der Waals surface area (Å²) in [5.74, 6) is -0.343. The van der Waals surface area contributed by atoms with Gasteiger partial charge in [-0.3, -0.25) is 4.79 Å². The van der Waals surface area contributed by atoms with Crippen molar-refractivity contribution in [3.63, 3.8) is 0 Å². The van der Waals surface area contributed by atoms with Crippen molar-refractivity contribution >= 4 is 37.5 Å². The van der Waals surface area contributed by atoms with Gasteiger partial charge in [-0.15, -0.1) is 0 Å². The summed E-state index contributed by atoms with van der Waals surface area (Å²) in [6.07, 6.45) is 1.74. The summed E-state index contributed by atoms with van der Waals surface area (Å²) in [6.45, 7) is 4.98. The molecule has 1 saturated heterocycles. The van der Waals surface area contributed by atoms with Crippen LogP contribution in [-0.2, 0) is 10.0 Å². The summed E-state index contributed by atoms with van der Waals surface area (Å²) in [5.41, 5.74) is 3.07. The van der Waals surface area contributed by atoms with Crippen molar-refractivity contribution in [2.75, 3.05) is 18.4 Å². The van der Waals surface area contributed by atoms with E-state index in [2.05, 4.69) is 21.2 Å². The Bertz CT molecular complexity index is 951. The molecule has 1 N–H and O–H groups in total. The highest BCUT2D eigenvalue weighted by Gasteiger charge is 2.28. The van der Waals surface area contributed by atoms with Gasteiger partial charge in [0.05, 0.1) is 10.5 Å². The Morgan fingerprint density at radius 1 is 1.12 bits per heavy atom. The predicted octanol–water partition coefficient (Wildman–Crippen LogP) is 4.10. The largest absolute Gasteiger partial charge is 0.322 e. The van der Waals surface area contributed by atoms with Crippen molar-refractivity contribution in [2.24, 2.45) is 0 Å². The third-order valence-electron chi connectivity index (χ3n) is 4.74. The summed E-state index contributed by atoms with van der Waals surface area (Å²) in [4.78, 5) is 12.9. The molecule has 0 aliphatic carbocycles. The topological polar surface area (TPSA) is 66.5 Å². The lowest BCUT2D eigenvalue weighted by Crippen LogP contribution is -2.28. The van der Waals surface area contributed by atoms with Gasteiger partial charge >= 0.3 is 0 Å². The van der Waals surface area contributed by atoms with Gasteiger partial charge in [0.1, 0.15) is 0 Å². The van der Waals surface area contributed by atoms with Gasteiger partial charge in [0.25, 0.3) is 5.91 Å². The second kappa shape index (κ2) is 7.50. The van der Waals surface area contributed by atoms with E-state index in [4.69, 9.17) is 0 Å². The number of carbonyl (C=O) groups is 1. The van der Waals surface area contributed by atoms with Crippen molar-refractivity contribution in [3.05, 3.63) is 57.6 Å². The van der Waals surface area contributed by atoms with E-state index in [0.29, 0.717) is 23.1 Å². The average Bonchev–Trinajstić information content (AvgIpc) is 3.14. The molecule has 1 amide bonds. The zero-order valence-corrected chi connectivity index (χ0v) is 17.2. The van der Waals surface area contributed by atoms with Gasteiger partial charge in [-0.05, 0) is 78.0 Å². The molecular weight excluding hydrogens is 416 g/mol. The van der Waals surface area contributed by atoms with Crippen LogP contribution in [0.5, 0.6) is 0 Å². The number of rotatable bonds is 4. The molecule has 0 unspecified atom stereocenters. The van der Waals surface area contributed by atoms with Gasteiger partial charge in [0.2, 0.25) is 10.0 Å². The van der Waals surface area contributed by atoms with E-state index in [0.717, 1.165) is 29.7 Å². The maximum absolute atomic E-state index is 12.8. The molecule has 2 aromatic carbocycles. The summed E-state index contributed by atoms with van der Waals surface area (Å²) in [6, 6.07) is 10.3. The number of sulfonamides is 1. The van der Waals surface area contributed by atoms with Crippen molar-refractivity contribution in [2.45, 2.75) is 31.6 Å². The van der Waals surface area contributed by atoms with Crippen molar-refractivity contribution in [1.29, 1.82) is 0 Å². The fraction of sp³-hybridized carbons (Fsp3) is 0.316. The number of nitrogens with one attached hydrogen (secondary N) is 1. The summed E-state index contributed by atoms with van der Waals surface area (Å²) in [5, 5.41) is 2.88. The van der Waals surface area contributed by atoms with E-state index in [1.165, 1.54) is 16.4 Å². The number of aryl methyl sites for hydroxylation is 1. The minimum Gasteiger partial charge on any atom is -0.322 e. The summed E-state index contributed by atoms with van der Waals surface area (Å²) >= 11 is 3.36. The van der Waals surface area contributed by atoms with Gasteiger partial charge in [0, 0.05) is 23.2 Å². The zero-order valence-electron chi connectivity index (χ0n) is 14.8. The number of halogens is 1. The molecule has 1 aliphatic heterocycles. The van der Waals surface area contributed by atoms with E-state index in [1.807, 2.05) is 32.0 Å². The molecule has 0 spiro atoms. The lowest BCUT2D eigenvalue weighted by Gasteiger charge is -2.17. The Morgan fingerprint density at radius 3 is 2.50 bits per heavy atom. The smallest absolute Gasteiger partial charge is 0.256 e. The van der Waals surface area contributed by atoms with Crippen LogP contribution in [0.15, 0.2) is 45.8 Å². The molecule has 0 saturated carbocycles. The van der Waals surface area contributed by atoms with Crippen LogP contribution in [0.25, 0.3) is 0 Å². The van der Waals surface area contributed by atoms with Gasteiger partial charge < -0.3 is 5.32 Å². The van der Waals surface area contributed by atoms with E-state index >= 15 is 0 Å². The number of benzene rings is 2. The highest BCUT2D eigenvalue weighted by atomic mass is 79.9. The predicted molar refractivity (Wildman–Crippen MR) is 106 cm³/mol. The third-order valence-corrected chi connectivity index (χ3v) is 7.32. The second-order valence-corrected chi connectivity index (χ2v) is 9.25. The van der Waals surface area contributed by atoms with Gasteiger partial charge in [-0.1, -0.05) is 12.1 Å². The standard InChI is InChI=1S/C19H21BrN2O3S/c1-13-6-5-7-18(14(13)2)21-19(23)16-12-15(8-9-17(16)20)26(24,25)22-10-3-4-11-22/h5-9,12H,3-4,10-11H2,1-2H3,(H,21,23). The van der Waals surface area contributed by atoms with Crippen LogP contribution in [0, 0.1) is 13.8 Å². The van der Waals surface area contributed by atoms with E-state index in [-0.39, 0.29) is 10.8 Å². The van der Waals surface area contributed by atoms with Crippen molar-refractivity contribution in [3.8, 4) is 0 Å². The van der Waals surface area contributed by atoms with Crippen LogP contribution in [0.4, 0.5) is 5.69 Å². The summed E-state index contributed by atoms with van der Waals surface area (Å²) < 4.78 is 27.5. The number of hydrogen-bond acceptors (Lipinski definition) is 3. The Balaban J connectivity index is 1.92. The molecule has 0 aromatic heterocycles. The normalized spacial score (nSPS) is 15.2. The highest BCUT2D eigenvalue weighted by Crippen LogP contribution is 2.27. The van der Waals surface area contributed by atoms with Gasteiger partial charge in [0.15, 0.2) is 0 Å². The SMILES string of the molecule is Cc1cccc(NC(=O)c2cc(S(=O)(=O)N3CCCC3)ccc2Br)c1C. The molecule has 0 radical (unpaired) electrons. The van der Waals surface area contributed by atoms with E-state index in [1.54, 1.807) is 6.07 Å². The number of anilines is 1. The molecule has 1 heterocycles. The van der Waals surface area contributed by atoms with Crippen LogP contribution >= 0.6 is 15.9 Å². The minimum absolute atomic E-state index is 0.147. The summed E-state index contributed by atoms with van der Waals surface area (Å²) in [7, 11) is -3.57. The molecule has 3 rings (SSSR count). The first-order chi connectivity index (χ1) is 12.3. The third kappa shape index (κ3) is 3.70. The number of carbonyl (C=O) groups excluding carboxylic acids is 1. The van der Waals surface area contributed by atoms with Crippen LogP contribution in [0.1, 0.15) is 34.3 Å². The fourth-order valence-electron chi connectivity index (χ4n) is 2.99. The average molecular weight is 437 g/mol. The molecule has 0 bridgehead atoms. The second-order valence-electron chi connectivity index (χ2n) is 6.45. The van der Waals surface area contributed by atoms with Crippen LogP contribution in [0.2, 0.25) is 0 Å². The minimum atomic E-state index is -3.57. The first-order valence-corrected chi connectivity index (χ1v) is 10.7. The molecular formula is C19H21BrN2O3S. The maximum atomic E-state index is 12.8. The highest BCUT2D eigenvalue weighted by molar-refractivity contribution is 9.10. The van der Waals surface area contributed by atoms with Crippen LogP contribution in [0.3, 0.4) is 0 Å². The zero-order chi connectivity index (χ0) is 18.9. The quantitative estimate of drug-likeness (QED) is 0.783. The Kier molecular flexibility index (Phi) is 5.50. The fourth-order valence-corrected chi connectivity index (χ4v) is 4.96. The first kappa shape index (κ1) is 19.1. The Labute approximate surface area is 162 Å². The van der Waals surface area contributed by atoms with Crippen molar-refractivity contribution in [1.82, 2.24) is 4.31 Å². The Hall–Kier alpha value is -1.70. The number of nitrogens with zero attached hydrogens (tertiary/aromatic N) is 1. The van der Waals surface area contributed by atoms with Crippen LogP contribution < -0.4 is 5.32 Å². The molecule has 1 fully saturated rings. The molecule has 138 valence electrons. The molecule has 2 aromatic rings. The van der Waals surface area contributed by atoms with Gasteiger partial charge in [-0.25, -0.2) is 8.42 Å². The lowest BCUT2D eigenvalue weighted by atomic mass is 10.1. The lowest BCUT2D eigenvalue weighted by molar-refractivity contribution is 0.102. The molecule has 0 atom stereocenters. The monoisotopic (exact) mass is 436 g/mol. The van der Waals surface area contributed by atoms with Gasteiger partial charge in [-0.2, -0.15) is 4.31 Å². The molecule has 1 aliphatic rings. The molecule has 7 heteroatoms. The first-order valence-electron chi connectivity index (χ1n) is 8.48. The number of amides is 1. The molecule has 5 nitrogen and oxygen atoms in total. The van der Waals surface area contributed by atoms with Crippen LogP contribution in [-0.4, -0.2) is 31.7 Å². The van der Waals surface area contributed by atoms with E-state index < -0.39 is 10.0 Å². The maximum Gasteiger partial charge on any atom is 0.256 e.